The number of ether oxygens (including phenoxy) is 1. The third-order valence-corrected chi connectivity index (χ3v) is 5.06. The van der Waals surface area contributed by atoms with E-state index >= 15 is 0 Å². The van der Waals surface area contributed by atoms with Crippen LogP contribution in [0.3, 0.4) is 0 Å². The van der Waals surface area contributed by atoms with Crippen molar-refractivity contribution < 1.29 is 9.13 Å². The molecule has 0 radical (unpaired) electrons. The summed E-state index contributed by atoms with van der Waals surface area (Å²) in [4.78, 5) is 0. The number of hydrogen-bond donors (Lipinski definition) is 0. The van der Waals surface area contributed by atoms with Gasteiger partial charge in [0.15, 0.2) is 11.6 Å². The highest BCUT2D eigenvalue weighted by Gasteiger charge is 2.10. The highest BCUT2D eigenvalue weighted by molar-refractivity contribution is 5.64. The lowest BCUT2D eigenvalue weighted by molar-refractivity contribution is 0.225. The first-order valence-electron chi connectivity index (χ1n) is 10.2. The van der Waals surface area contributed by atoms with Gasteiger partial charge < -0.3 is 4.74 Å². The Morgan fingerprint density at radius 3 is 2.19 bits per heavy atom. The molecule has 0 saturated heterocycles. The van der Waals surface area contributed by atoms with Gasteiger partial charge in [-0.05, 0) is 54.0 Å². The number of rotatable bonds is 11. The van der Waals surface area contributed by atoms with Crippen molar-refractivity contribution in [1.29, 1.82) is 0 Å². The maximum absolute atomic E-state index is 14.5. The first-order chi connectivity index (χ1) is 12.7. The zero-order valence-corrected chi connectivity index (χ0v) is 16.6. The van der Waals surface area contributed by atoms with E-state index in [-0.39, 0.29) is 5.82 Å². The Hall–Kier alpha value is -1.83. The summed E-state index contributed by atoms with van der Waals surface area (Å²) in [6.07, 6.45) is 8.13. The molecule has 1 atom stereocenters. The molecule has 0 saturated carbocycles. The molecule has 0 spiro atoms. The van der Waals surface area contributed by atoms with Gasteiger partial charge in [-0.3, -0.25) is 0 Å². The maximum atomic E-state index is 14.5. The van der Waals surface area contributed by atoms with Gasteiger partial charge >= 0.3 is 0 Å². The van der Waals surface area contributed by atoms with E-state index in [1.807, 2.05) is 6.07 Å². The van der Waals surface area contributed by atoms with E-state index in [2.05, 4.69) is 45.0 Å². The fourth-order valence-corrected chi connectivity index (χ4v) is 3.15. The fourth-order valence-electron chi connectivity index (χ4n) is 3.15. The summed E-state index contributed by atoms with van der Waals surface area (Å²) in [5, 5.41) is 0. The van der Waals surface area contributed by atoms with Gasteiger partial charge in [0.2, 0.25) is 0 Å². The molecule has 2 heteroatoms. The van der Waals surface area contributed by atoms with Crippen molar-refractivity contribution in [3.8, 4) is 16.9 Å². The van der Waals surface area contributed by atoms with Crippen molar-refractivity contribution in [3.63, 3.8) is 0 Å². The minimum Gasteiger partial charge on any atom is -0.490 e. The molecular weight excluding hydrogens is 323 g/mol. The van der Waals surface area contributed by atoms with Crippen LogP contribution in [0.2, 0.25) is 0 Å². The number of unbranched alkanes of at least 4 members (excludes halogenated alkanes) is 2. The number of aryl methyl sites for hydroxylation is 1. The molecule has 2 rings (SSSR count). The molecule has 0 heterocycles. The lowest BCUT2D eigenvalue weighted by Crippen LogP contribution is -2.12. The van der Waals surface area contributed by atoms with Gasteiger partial charge in [0, 0.05) is 0 Å². The van der Waals surface area contributed by atoms with Crippen molar-refractivity contribution in [2.24, 2.45) is 5.92 Å². The Morgan fingerprint density at radius 2 is 1.58 bits per heavy atom. The van der Waals surface area contributed by atoms with Crippen LogP contribution < -0.4 is 4.74 Å². The SMILES string of the molecule is CCCCc1ccc(-c2ccc(OCC(CC)CCCC)c(F)c2)cc1. The van der Waals surface area contributed by atoms with Crippen LogP contribution in [-0.4, -0.2) is 6.61 Å². The van der Waals surface area contributed by atoms with E-state index in [0.29, 0.717) is 18.3 Å². The highest BCUT2D eigenvalue weighted by atomic mass is 19.1. The zero-order chi connectivity index (χ0) is 18.8. The average Bonchev–Trinajstić information content (AvgIpc) is 2.68. The quantitative estimate of drug-likeness (QED) is 0.407. The molecule has 0 aliphatic carbocycles. The van der Waals surface area contributed by atoms with E-state index in [4.69, 9.17) is 4.74 Å². The van der Waals surface area contributed by atoms with Crippen LogP contribution in [0.15, 0.2) is 42.5 Å². The molecule has 0 bridgehead atoms. The fraction of sp³-hybridized carbons (Fsp3) is 0.500. The van der Waals surface area contributed by atoms with Crippen LogP contribution in [0.25, 0.3) is 11.1 Å². The van der Waals surface area contributed by atoms with Crippen LogP contribution in [0.5, 0.6) is 5.75 Å². The second-order valence-electron chi connectivity index (χ2n) is 7.17. The molecule has 0 N–H and O–H groups in total. The molecule has 0 amide bonds. The summed E-state index contributed by atoms with van der Waals surface area (Å²) in [6.45, 7) is 7.17. The summed E-state index contributed by atoms with van der Waals surface area (Å²) < 4.78 is 20.2. The molecule has 1 nitrogen and oxygen atoms in total. The van der Waals surface area contributed by atoms with E-state index in [0.717, 1.165) is 30.4 Å². The number of hydrogen-bond acceptors (Lipinski definition) is 1. The van der Waals surface area contributed by atoms with Gasteiger partial charge in [-0.2, -0.15) is 0 Å². The lowest BCUT2D eigenvalue weighted by Gasteiger charge is -2.16. The van der Waals surface area contributed by atoms with Crippen LogP contribution >= 0.6 is 0 Å². The molecule has 1 unspecified atom stereocenters. The van der Waals surface area contributed by atoms with Gasteiger partial charge in [-0.15, -0.1) is 0 Å². The van der Waals surface area contributed by atoms with Gasteiger partial charge in [0.25, 0.3) is 0 Å². The van der Waals surface area contributed by atoms with Gasteiger partial charge in [-0.25, -0.2) is 4.39 Å². The topological polar surface area (TPSA) is 9.23 Å². The van der Waals surface area contributed by atoms with Crippen LogP contribution in [0.4, 0.5) is 4.39 Å². The molecule has 26 heavy (non-hydrogen) atoms. The second kappa shape index (κ2) is 11.0. The number of halogens is 1. The number of benzene rings is 2. The molecule has 0 aromatic heterocycles. The monoisotopic (exact) mass is 356 g/mol. The Balaban J connectivity index is 1.99. The average molecular weight is 357 g/mol. The van der Waals surface area contributed by atoms with E-state index in [1.165, 1.54) is 31.2 Å². The predicted molar refractivity (Wildman–Crippen MR) is 109 cm³/mol. The summed E-state index contributed by atoms with van der Waals surface area (Å²) in [6, 6.07) is 13.8. The molecular formula is C24H33FO. The second-order valence-corrected chi connectivity index (χ2v) is 7.17. The first kappa shape index (κ1) is 20.5. The van der Waals surface area contributed by atoms with Crippen molar-refractivity contribution in [2.45, 2.75) is 65.7 Å². The van der Waals surface area contributed by atoms with Crippen LogP contribution in [0, 0.1) is 11.7 Å². The largest absolute Gasteiger partial charge is 0.490 e. The lowest BCUT2D eigenvalue weighted by atomic mass is 10.0. The minimum absolute atomic E-state index is 0.275. The normalized spacial score (nSPS) is 12.2. The predicted octanol–water partition coefficient (Wildman–Crippen LogP) is 7.43. The minimum atomic E-state index is -0.275. The van der Waals surface area contributed by atoms with Gasteiger partial charge in [0.05, 0.1) is 6.61 Å². The molecule has 0 aliphatic heterocycles. The van der Waals surface area contributed by atoms with Crippen molar-refractivity contribution in [1.82, 2.24) is 0 Å². The summed E-state index contributed by atoms with van der Waals surface area (Å²) in [7, 11) is 0. The zero-order valence-electron chi connectivity index (χ0n) is 16.6. The van der Waals surface area contributed by atoms with Gasteiger partial charge in [-0.1, -0.05) is 76.8 Å². The Kier molecular flexibility index (Phi) is 8.67. The maximum Gasteiger partial charge on any atom is 0.165 e. The molecule has 0 fully saturated rings. The third-order valence-electron chi connectivity index (χ3n) is 5.06. The Labute approximate surface area is 158 Å². The summed E-state index contributed by atoms with van der Waals surface area (Å²) in [5.41, 5.74) is 3.29. The van der Waals surface area contributed by atoms with Crippen molar-refractivity contribution in [3.05, 3.63) is 53.8 Å². The van der Waals surface area contributed by atoms with Crippen LogP contribution in [0.1, 0.15) is 64.9 Å². The van der Waals surface area contributed by atoms with Crippen molar-refractivity contribution >= 4 is 0 Å². The first-order valence-corrected chi connectivity index (χ1v) is 10.2. The van der Waals surface area contributed by atoms with Gasteiger partial charge in [0.1, 0.15) is 0 Å². The Bertz CT molecular complexity index is 648. The van der Waals surface area contributed by atoms with E-state index in [9.17, 15) is 4.39 Å². The standard InChI is InChI=1S/C24H33FO/c1-4-7-9-19(6-3)18-26-24-16-15-22(17-23(24)25)21-13-11-20(12-14-21)10-8-5-2/h11-17,19H,4-10,18H2,1-3H3. The molecule has 2 aromatic carbocycles. The molecule has 2 aromatic rings. The summed E-state index contributed by atoms with van der Waals surface area (Å²) in [5.74, 6) is 0.593. The Morgan fingerprint density at radius 1 is 0.885 bits per heavy atom. The van der Waals surface area contributed by atoms with Crippen molar-refractivity contribution in [2.75, 3.05) is 6.61 Å². The van der Waals surface area contributed by atoms with Crippen LogP contribution in [-0.2, 0) is 6.42 Å². The molecule has 0 aliphatic rings. The van der Waals surface area contributed by atoms with E-state index < -0.39 is 0 Å². The van der Waals surface area contributed by atoms with E-state index in [1.54, 1.807) is 12.1 Å². The summed E-state index contributed by atoms with van der Waals surface area (Å²) >= 11 is 0. The third kappa shape index (κ3) is 6.16. The smallest absolute Gasteiger partial charge is 0.165 e. The molecule has 142 valence electrons. The highest BCUT2D eigenvalue weighted by Crippen LogP contribution is 2.27.